The molecule has 0 spiro atoms. The third-order valence-corrected chi connectivity index (χ3v) is 3.81. The summed E-state index contributed by atoms with van der Waals surface area (Å²) in [4.78, 5) is 21.3. The molecular formula is C15H14N4O2. The van der Waals surface area contributed by atoms with E-state index in [1.54, 1.807) is 4.90 Å². The van der Waals surface area contributed by atoms with Gasteiger partial charge in [-0.2, -0.15) is 4.98 Å². The lowest BCUT2D eigenvalue weighted by molar-refractivity contribution is 0.0743. The number of hydrogen-bond acceptors (Lipinski definition) is 4. The summed E-state index contributed by atoms with van der Waals surface area (Å²) >= 11 is 0. The zero-order valence-electron chi connectivity index (χ0n) is 11.4. The van der Waals surface area contributed by atoms with Crippen LogP contribution in [0.2, 0.25) is 0 Å². The number of fused-ring (bicyclic) bond motifs is 1. The smallest absolute Gasteiger partial charge is 0.316 e. The van der Waals surface area contributed by atoms with Gasteiger partial charge in [0.1, 0.15) is 0 Å². The van der Waals surface area contributed by atoms with Gasteiger partial charge in [-0.25, -0.2) is 0 Å². The topological polar surface area (TPSA) is 75.0 Å². The Labute approximate surface area is 120 Å². The van der Waals surface area contributed by atoms with Crippen molar-refractivity contribution in [2.75, 3.05) is 13.1 Å². The highest BCUT2D eigenvalue weighted by Crippen LogP contribution is 2.22. The number of nitrogens with one attached hydrogen (secondary N) is 1. The van der Waals surface area contributed by atoms with Crippen LogP contribution in [0.5, 0.6) is 0 Å². The minimum absolute atomic E-state index is 0.0704. The zero-order chi connectivity index (χ0) is 14.2. The van der Waals surface area contributed by atoms with Crippen molar-refractivity contribution in [2.24, 2.45) is 0 Å². The van der Waals surface area contributed by atoms with Crippen LogP contribution in [-0.4, -0.2) is 39.0 Å². The van der Waals surface area contributed by atoms with Gasteiger partial charge in [-0.3, -0.25) is 4.79 Å². The van der Waals surface area contributed by atoms with Crippen molar-refractivity contribution >= 4 is 16.8 Å². The fourth-order valence-electron chi connectivity index (χ4n) is 2.68. The van der Waals surface area contributed by atoms with E-state index in [0.29, 0.717) is 5.82 Å². The monoisotopic (exact) mass is 282 g/mol. The fourth-order valence-corrected chi connectivity index (χ4v) is 2.68. The zero-order valence-corrected chi connectivity index (χ0v) is 11.4. The van der Waals surface area contributed by atoms with Crippen molar-refractivity contribution in [3.63, 3.8) is 0 Å². The van der Waals surface area contributed by atoms with Gasteiger partial charge in [0.25, 0.3) is 0 Å². The summed E-state index contributed by atoms with van der Waals surface area (Å²) in [5.74, 6) is 0.343. The van der Waals surface area contributed by atoms with Crippen molar-refractivity contribution in [3.05, 3.63) is 36.4 Å². The van der Waals surface area contributed by atoms with Crippen LogP contribution in [0, 0.1) is 0 Å². The number of carbonyl (C=O) groups excluding carboxylic acids is 1. The second-order valence-corrected chi connectivity index (χ2v) is 5.20. The van der Waals surface area contributed by atoms with E-state index in [-0.39, 0.29) is 11.8 Å². The molecule has 1 saturated heterocycles. The number of amides is 1. The maximum Gasteiger partial charge on any atom is 0.316 e. The molecule has 0 unspecified atom stereocenters. The van der Waals surface area contributed by atoms with Crippen LogP contribution in [0.3, 0.4) is 0 Å². The maximum absolute atomic E-state index is 12.2. The molecule has 1 aliphatic heterocycles. The fraction of sp³-hybridized carbons (Fsp3) is 0.267. The van der Waals surface area contributed by atoms with E-state index in [1.807, 2.05) is 30.5 Å². The lowest BCUT2D eigenvalue weighted by atomic mass is 10.1. The number of carbonyl (C=O) groups is 1. The lowest BCUT2D eigenvalue weighted by Crippen LogP contribution is -2.27. The molecule has 1 fully saturated rings. The van der Waals surface area contributed by atoms with E-state index in [4.69, 9.17) is 4.52 Å². The first-order chi connectivity index (χ1) is 10.3. The molecule has 21 heavy (non-hydrogen) atoms. The minimum Gasteiger partial charge on any atom is -0.361 e. The summed E-state index contributed by atoms with van der Waals surface area (Å²) in [5, 5.41) is 5.00. The second kappa shape index (κ2) is 4.73. The average Bonchev–Trinajstić information content (AvgIpc) is 3.25. The summed E-state index contributed by atoms with van der Waals surface area (Å²) in [6, 6.07) is 7.83. The molecule has 1 amide bonds. The molecule has 0 atom stereocenters. The summed E-state index contributed by atoms with van der Waals surface area (Å²) in [6.07, 6.45) is 3.96. The van der Waals surface area contributed by atoms with E-state index < -0.39 is 0 Å². The van der Waals surface area contributed by atoms with Crippen molar-refractivity contribution < 1.29 is 9.32 Å². The largest absolute Gasteiger partial charge is 0.361 e. The molecule has 2 aromatic heterocycles. The van der Waals surface area contributed by atoms with Crippen LogP contribution in [0.1, 0.15) is 23.5 Å². The third-order valence-electron chi connectivity index (χ3n) is 3.81. The Kier molecular flexibility index (Phi) is 2.73. The summed E-state index contributed by atoms with van der Waals surface area (Å²) < 4.78 is 5.13. The molecule has 6 heteroatoms. The first-order valence-electron chi connectivity index (χ1n) is 7.02. The second-order valence-electron chi connectivity index (χ2n) is 5.20. The molecule has 0 bridgehead atoms. The van der Waals surface area contributed by atoms with Gasteiger partial charge in [0.2, 0.25) is 5.82 Å². The predicted molar refractivity (Wildman–Crippen MR) is 76.7 cm³/mol. The molecule has 1 N–H and O–H groups in total. The summed E-state index contributed by atoms with van der Waals surface area (Å²) in [5.41, 5.74) is 1.89. The first kappa shape index (κ1) is 12.1. The SMILES string of the molecule is O=C(c1nc(-c2ccc3[nH]ccc3c2)no1)N1CCCC1. The quantitative estimate of drug-likeness (QED) is 0.783. The Bertz CT molecular complexity index is 799. The van der Waals surface area contributed by atoms with Gasteiger partial charge in [-0.05, 0) is 37.1 Å². The number of nitrogens with zero attached hydrogens (tertiary/aromatic N) is 3. The Morgan fingerprint density at radius 3 is 2.95 bits per heavy atom. The van der Waals surface area contributed by atoms with Crippen molar-refractivity contribution in [1.29, 1.82) is 0 Å². The summed E-state index contributed by atoms with van der Waals surface area (Å²) in [6.45, 7) is 1.54. The van der Waals surface area contributed by atoms with Gasteiger partial charge in [-0.1, -0.05) is 5.16 Å². The van der Waals surface area contributed by atoms with E-state index in [9.17, 15) is 4.79 Å². The molecule has 1 aromatic carbocycles. The third kappa shape index (κ3) is 2.08. The van der Waals surface area contributed by atoms with Crippen molar-refractivity contribution in [3.8, 4) is 11.4 Å². The van der Waals surface area contributed by atoms with Crippen LogP contribution >= 0.6 is 0 Å². The molecule has 1 aliphatic rings. The number of rotatable bonds is 2. The highest BCUT2D eigenvalue weighted by atomic mass is 16.5. The molecule has 3 aromatic rings. The van der Waals surface area contributed by atoms with Gasteiger partial charge < -0.3 is 14.4 Å². The number of likely N-dealkylation sites (tertiary alicyclic amines) is 1. The molecule has 4 rings (SSSR count). The molecule has 106 valence electrons. The van der Waals surface area contributed by atoms with E-state index in [2.05, 4.69) is 15.1 Å². The molecule has 0 saturated carbocycles. The lowest BCUT2D eigenvalue weighted by Gasteiger charge is -2.10. The Morgan fingerprint density at radius 2 is 2.10 bits per heavy atom. The van der Waals surface area contributed by atoms with E-state index in [1.165, 1.54) is 0 Å². The van der Waals surface area contributed by atoms with Crippen LogP contribution in [0.15, 0.2) is 35.0 Å². The van der Waals surface area contributed by atoms with Crippen LogP contribution in [-0.2, 0) is 0 Å². The van der Waals surface area contributed by atoms with Gasteiger partial charge in [0, 0.05) is 35.8 Å². The maximum atomic E-state index is 12.2. The van der Waals surface area contributed by atoms with Crippen LogP contribution in [0.25, 0.3) is 22.3 Å². The van der Waals surface area contributed by atoms with E-state index in [0.717, 1.165) is 42.4 Å². The number of H-pyrrole nitrogens is 1. The van der Waals surface area contributed by atoms with Gasteiger partial charge in [0.05, 0.1) is 0 Å². The molecule has 0 radical (unpaired) electrons. The Balaban J connectivity index is 1.65. The number of benzene rings is 1. The summed E-state index contributed by atoms with van der Waals surface area (Å²) in [7, 11) is 0. The first-order valence-corrected chi connectivity index (χ1v) is 7.02. The molecule has 0 aliphatic carbocycles. The Morgan fingerprint density at radius 1 is 1.24 bits per heavy atom. The average molecular weight is 282 g/mol. The van der Waals surface area contributed by atoms with Crippen molar-refractivity contribution in [1.82, 2.24) is 20.0 Å². The van der Waals surface area contributed by atoms with Crippen molar-refractivity contribution in [2.45, 2.75) is 12.8 Å². The standard InChI is InChI=1S/C15H14N4O2/c20-15(19-7-1-2-8-19)14-17-13(18-21-14)11-3-4-12-10(9-11)5-6-16-12/h3-6,9,16H,1-2,7-8H2. The molecule has 3 heterocycles. The minimum atomic E-state index is -0.172. The molecular weight excluding hydrogens is 268 g/mol. The van der Waals surface area contributed by atoms with Crippen LogP contribution in [0.4, 0.5) is 0 Å². The highest BCUT2D eigenvalue weighted by Gasteiger charge is 2.24. The predicted octanol–water partition coefficient (Wildman–Crippen LogP) is 2.45. The van der Waals surface area contributed by atoms with Crippen LogP contribution < -0.4 is 0 Å². The normalized spacial score (nSPS) is 15.0. The van der Waals surface area contributed by atoms with Gasteiger partial charge >= 0.3 is 11.8 Å². The Hall–Kier alpha value is -2.63. The highest BCUT2D eigenvalue weighted by molar-refractivity contribution is 5.90. The van der Waals surface area contributed by atoms with E-state index >= 15 is 0 Å². The van der Waals surface area contributed by atoms with Gasteiger partial charge in [-0.15, -0.1) is 0 Å². The van der Waals surface area contributed by atoms with Gasteiger partial charge in [0.15, 0.2) is 0 Å². The molecule has 6 nitrogen and oxygen atoms in total. The number of hydrogen-bond donors (Lipinski definition) is 1. The number of aromatic nitrogens is 3. The number of aromatic amines is 1.